The average molecular weight is 368 g/mol. The van der Waals surface area contributed by atoms with Crippen molar-refractivity contribution in [1.82, 2.24) is 9.80 Å². The maximum atomic E-state index is 12.7. The number of halogens is 1. The molecule has 1 aliphatic heterocycles. The zero-order chi connectivity index (χ0) is 17.7. The number of nitrogens with two attached hydrogens (primary N) is 1. The predicted octanol–water partition coefficient (Wildman–Crippen LogP) is 2.40. The summed E-state index contributed by atoms with van der Waals surface area (Å²) in [4.78, 5) is 28.9. The highest BCUT2D eigenvalue weighted by Crippen LogP contribution is 2.22. The van der Waals surface area contributed by atoms with Gasteiger partial charge in [-0.3, -0.25) is 9.59 Å². The molecule has 140 valence electrons. The number of hydrogen-bond donors (Lipinski definition) is 1. The van der Waals surface area contributed by atoms with Crippen LogP contribution in [0, 0.1) is 11.3 Å². The summed E-state index contributed by atoms with van der Waals surface area (Å²) in [5.74, 6) is 0.00474. The largest absolute Gasteiger partial charge is 0.345 e. The Hall–Kier alpha value is -1.59. The topological polar surface area (TPSA) is 66.6 Å². The molecule has 1 fully saturated rings. The van der Waals surface area contributed by atoms with Gasteiger partial charge in [0.1, 0.15) is 0 Å². The SMILES string of the molecule is CN(CC(C)(C)CN)C(=O)C1CCCN(C(=O)c2ccccc2)C1.Cl. The molecular formula is C19H30ClN3O2. The first-order valence-electron chi connectivity index (χ1n) is 8.63. The van der Waals surface area contributed by atoms with Crippen molar-refractivity contribution >= 4 is 24.2 Å². The van der Waals surface area contributed by atoms with Gasteiger partial charge >= 0.3 is 0 Å². The summed E-state index contributed by atoms with van der Waals surface area (Å²) in [6.07, 6.45) is 1.70. The maximum Gasteiger partial charge on any atom is 0.253 e. The highest BCUT2D eigenvalue weighted by atomic mass is 35.5. The lowest BCUT2D eigenvalue weighted by atomic mass is 9.91. The van der Waals surface area contributed by atoms with E-state index in [0.29, 0.717) is 25.2 Å². The van der Waals surface area contributed by atoms with Crippen LogP contribution in [0.25, 0.3) is 0 Å². The van der Waals surface area contributed by atoms with E-state index in [1.165, 1.54) is 0 Å². The summed E-state index contributed by atoms with van der Waals surface area (Å²) < 4.78 is 0. The van der Waals surface area contributed by atoms with Gasteiger partial charge in [0, 0.05) is 32.2 Å². The average Bonchev–Trinajstić information content (AvgIpc) is 2.61. The van der Waals surface area contributed by atoms with E-state index in [-0.39, 0.29) is 35.6 Å². The van der Waals surface area contributed by atoms with Crippen LogP contribution in [0.2, 0.25) is 0 Å². The number of likely N-dealkylation sites (tertiary alicyclic amines) is 1. The molecule has 1 aromatic carbocycles. The van der Waals surface area contributed by atoms with Gasteiger partial charge in [-0.1, -0.05) is 32.0 Å². The van der Waals surface area contributed by atoms with Crippen LogP contribution in [0.4, 0.5) is 0 Å². The molecule has 0 aromatic heterocycles. The van der Waals surface area contributed by atoms with Crippen molar-refractivity contribution in [3.8, 4) is 0 Å². The normalized spacial score (nSPS) is 17.6. The third-order valence-corrected chi connectivity index (χ3v) is 4.67. The predicted molar refractivity (Wildman–Crippen MR) is 103 cm³/mol. The Bertz CT molecular complexity index is 577. The molecule has 6 heteroatoms. The number of rotatable bonds is 5. The monoisotopic (exact) mass is 367 g/mol. The summed E-state index contributed by atoms with van der Waals surface area (Å²) in [6.45, 7) is 6.50. The van der Waals surface area contributed by atoms with Crippen LogP contribution in [0.3, 0.4) is 0 Å². The molecule has 1 aromatic rings. The summed E-state index contributed by atoms with van der Waals surface area (Å²) >= 11 is 0. The molecule has 0 bridgehead atoms. The van der Waals surface area contributed by atoms with Gasteiger partial charge in [-0.25, -0.2) is 0 Å². The molecular weight excluding hydrogens is 338 g/mol. The Morgan fingerprint density at radius 3 is 2.52 bits per heavy atom. The molecule has 1 atom stereocenters. The lowest BCUT2D eigenvalue weighted by Gasteiger charge is -2.36. The minimum absolute atomic E-state index is 0. The Kier molecular flexibility index (Phi) is 7.90. The highest BCUT2D eigenvalue weighted by molar-refractivity contribution is 5.94. The fraction of sp³-hybridized carbons (Fsp3) is 0.579. The van der Waals surface area contributed by atoms with Gasteiger partial charge in [-0.2, -0.15) is 0 Å². The Morgan fingerprint density at radius 2 is 1.92 bits per heavy atom. The number of benzene rings is 1. The van der Waals surface area contributed by atoms with E-state index in [1.807, 2.05) is 42.3 Å². The van der Waals surface area contributed by atoms with Crippen LogP contribution in [0.5, 0.6) is 0 Å². The minimum Gasteiger partial charge on any atom is -0.345 e. The van der Waals surface area contributed by atoms with Gasteiger partial charge in [-0.05, 0) is 36.9 Å². The maximum absolute atomic E-state index is 12.7. The Morgan fingerprint density at radius 1 is 1.28 bits per heavy atom. The summed E-state index contributed by atoms with van der Waals surface area (Å²) in [5.41, 5.74) is 6.35. The van der Waals surface area contributed by atoms with Crippen molar-refractivity contribution in [2.45, 2.75) is 26.7 Å². The van der Waals surface area contributed by atoms with E-state index in [2.05, 4.69) is 13.8 Å². The third-order valence-electron chi connectivity index (χ3n) is 4.67. The van der Waals surface area contributed by atoms with Crippen molar-refractivity contribution in [3.05, 3.63) is 35.9 Å². The molecule has 2 N–H and O–H groups in total. The smallest absolute Gasteiger partial charge is 0.253 e. The molecule has 2 rings (SSSR count). The van der Waals surface area contributed by atoms with Crippen LogP contribution in [0.15, 0.2) is 30.3 Å². The lowest BCUT2D eigenvalue weighted by molar-refractivity contribution is -0.136. The first kappa shape index (κ1) is 21.5. The molecule has 0 saturated carbocycles. The number of amides is 2. The number of carbonyl (C=O) groups excluding carboxylic acids is 2. The Labute approximate surface area is 157 Å². The number of hydrogen-bond acceptors (Lipinski definition) is 3. The number of piperidine rings is 1. The molecule has 2 amide bonds. The number of nitrogens with zero attached hydrogens (tertiary/aromatic N) is 2. The van der Waals surface area contributed by atoms with Crippen LogP contribution >= 0.6 is 12.4 Å². The fourth-order valence-electron chi connectivity index (χ4n) is 3.22. The molecule has 5 nitrogen and oxygen atoms in total. The van der Waals surface area contributed by atoms with E-state index in [9.17, 15) is 9.59 Å². The molecule has 1 unspecified atom stereocenters. The van der Waals surface area contributed by atoms with E-state index in [1.54, 1.807) is 4.90 Å². The number of carbonyl (C=O) groups is 2. The highest BCUT2D eigenvalue weighted by Gasteiger charge is 2.32. The second-order valence-electron chi connectivity index (χ2n) is 7.52. The van der Waals surface area contributed by atoms with Crippen molar-refractivity contribution < 1.29 is 9.59 Å². The molecule has 1 saturated heterocycles. The summed E-state index contributed by atoms with van der Waals surface area (Å²) in [6, 6.07) is 9.27. The minimum atomic E-state index is -0.120. The van der Waals surface area contributed by atoms with E-state index in [4.69, 9.17) is 5.73 Å². The standard InChI is InChI=1S/C19H29N3O2.ClH/c1-19(2,13-20)14-21(3)17(23)16-10-7-11-22(12-16)18(24)15-8-5-4-6-9-15;/h4-6,8-9,16H,7,10-14,20H2,1-3H3;1H. The fourth-order valence-corrected chi connectivity index (χ4v) is 3.22. The van der Waals surface area contributed by atoms with Crippen LogP contribution in [-0.2, 0) is 4.79 Å². The summed E-state index contributed by atoms with van der Waals surface area (Å²) in [7, 11) is 1.83. The van der Waals surface area contributed by atoms with Crippen LogP contribution in [-0.4, -0.2) is 54.8 Å². The molecule has 1 heterocycles. The zero-order valence-electron chi connectivity index (χ0n) is 15.4. The molecule has 0 radical (unpaired) electrons. The molecule has 0 aliphatic carbocycles. The van der Waals surface area contributed by atoms with Crippen molar-refractivity contribution in [1.29, 1.82) is 0 Å². The van der Waals surface area contributed by atoms with Crippen LogP contribution < -0.4 is 5.73 Å². The molecule has 1 aliphatic rings. The van der Waals surface area contributed by atoms with Crippen LogP contribution in [0.1, 0.15) is 37.0 Å². The van der Waals surface area contributed by atoms with E-state index < -0.39 is 0 Å². The lowest BCUT2D eigenvalue weighted by Crippen LogP contribution is -2.48. The van der Waals surface area contributed by atoms with Gasteiger partial charge < -0.3 is 15.5 Å². The van der Waals surface area contributed by atoms with Crippen molar-refractivity contribution in [2.75, 3.05) is 33.2 Å². The third kappa shape index (κ3) is 5.72. The van der Waals surface area contributed by atoms with Gasteiger partial charge in [-0.15, -0.1) is 12.4 Å². The summed E-state index contributed by atoms with van der Waals surface area (Å²) in [5, 5.41) is 0. The van der Waals surface area contributed by atoms with E-state index >= 15 is 0 Å². The molecule has 0 spiro atoms. The second kappa shape index (κ2) is 9.20. The Balaban J connectivity index is 0.00000312. The van der Waals surface area contributed by atoms with Crippen molar-refractivity contribution in [3.63, 3.8) is 0 Å². The van der Waals surface area contributed by atoms with Crippen molar-refractivity contribution in [2.24, 2.45) is 17.1 Å². The van der Waals surface area contributed by atoms with Gasteiger partial charge in [0.05, 0.1) is 5.92 Å². The second-order valence-corrected chi connectivity index (χ2v) is 7.52. The van der Waals surface area contributed by atoms with Gasteiger partial charge in [0.2, 0.25) is 5.91 Å². The first-order chi connectivity index (χ1) is 11.3. The van der Waals surface area contributed by atoms with E-state index in [0.717, 1.165) is 19.4 Å². The van der Waals surface area contributed by atoms with Gasteiger partial charge in [0.15, 0.2) is 0 Å². The van der Waals surface area contributed by atoms with Gasteiger partial charge in [0.25, 0.3) is 5.91 Å². The zero-order valence-corrected chi connectivity index (χ0v) is 16.2. The first-order valence-corrected chi connectivity index (χ1v) is 8.63. The molecule has 25 heavy (non-hydrogen) atoms. The quantitative estimate of drug-likeness (QED) is 0.868.